The van der Waals surface area contributed by atoms with Crippen LogP contribution in [0.4, 0.5) is 0 Å². The largest absolute Gasteiger partial charge is 0.295 e. The molecule has 1 heteroatoms. The molecule has 0 radical (unpaired) electrons. The van der Waals surface area contributed by atoms with Gasteiger partial charge in [-0.1, -0.05) is 33.3 Å². The molecule has 0 saturated heterocycles. The van der Waals surface area contributed by atoms with Gasteiger partial charge in [-0.05, 0) is 41.9 Å². The van der Waals surface area contributed by atoms with E-state index in [-0.39, 0.29) is 5.41 Å². The van der Waals surface area contributed by atoms with Gasteiger partial charge in [0.25, 0.3) is 0 Å². The van der Waals surface area contributed by atoms with Crippen molar-refractivity contribution >= 4 is 5.78 Å². The maximum absolute atomic E-state index is 12.2. The van der Waals surface area contributed by atoms with E-state index in [9.17, 15) is 4.79 Å². The van der Waals surface area contributed by atoms with Crippen LogP contribution in [0.5, 0.6) is 0 Å². The first-order chi connectivity index (χ1) is 7.33. The van der Waals surface area contributed by atoms with Crippen molar-refractivity contribution in [1.29, 1.82) is 0 Å². The van der Waals surface area contributed by atoms with E-state index < -0.39 is 0 Å². The molecule has 0 heterocycles. The second kappa shape index (κ2) is 2.80. The molecule has 0 aromatic carbocycles. The Balaban J connectivity index is 2.10. The third-order valence-corrected chi connectivity index (χ3v) is 5.14. The zero-order valence-electron chi connectivity index (χ0n) is 10.9. The lowest BCUT2D eigenvalue weighted by molar-refractivity contribution is -0.115. The predicted molar refractivity (Wildman–Crippen MR) is 65.0 cm³/mol. The second-order valence-corrected chi connectivity index (χ2v) is 7.29. The number of carbonyl (C=O) groups excluding carboxylic acids is 1. The maximum Gasteiger partial charge on any atom is 0.159 e. The molecule has 0 spiro atoms. The van der Waals surface area contributed by atoms with E-state index in [1.165, 1.54) is 24.0 Å². The molecule has 0 bridgehead atoms. The Labute approximate surface area is 98.3 Å². The number of allylic oxidation sites excluding steroid dienone is 2. The lowest BCUT2D eigenvalue weighted by Crippen LogP contribution is -2.14. The highest BCUT2D eigenvalue weighted by molar-refractivity contribution is 6.01. The van der Waals surface area contributed by atoms with E-state index in [2.05, 4.69) is 27.7 Å². The smallest absolute Gasteiger partial charge is 0.159 e. The first kappa shape index (κ1) is 10.6. The summed E-state index contributed by atoms with van der Waals surface area (Å²) in [7, 11) is 0. The molecule has 88 valence electrons. The van der Waals surface area contributed by atoms with Crippen LogP contribution in [0.1, 0.15) is 53.4 Å². The molecule has 1 saturated carbocycles. The van der Waals surface area contributed by atoms with Gasteiger partial charge in [-0.25, -0.2) is 0 Å². The van der Waals surface area contributed by atoms with Crippen LogP contribution < -0.4 is 0 Å². The molecule has 0 amide bonds. The van der Waals surface area contributed by atoms with Gasteiger partial charge < -0.3 is 0 Å². The van der Waals surface area contributed by atoms with Crippen LogP contribution in [0, 0.1) is 22.7 Å². The summed E-state index contributed by atoms with van der Waals surface area (Å²) in [5, 5.41) is 0. The summed E-state index contributed by atoms with van der Waals surface area (Å²) in [6, 6.07) is 0. The van der Waals surface area contributed by atoms with Gasteiger partial charge in [0.1, 0.15) is 0 Å². The van der Waals surface area contributed by atoms with Crippen molar-refractivity contribution in [2.24, 2.45) is 22.7 Å². The molecule has 16 heavy (non-hydrogen) atoms. The number of carbonyl (C=O) groups is 1. The van der Waals surface area contributed by atoms with Crippen molar-refractivity contribution in [3.05, 3.63) is 11.1 Å². The lowest BCUT2D eigenvalue weighted by atomic mass is 9.79. The van der Waals surface area contributed by atoms with E-state index in [0.717, 1.165) is 18.8 Å². The lowest BCUT2D eigenvalue weighted by Gasteiger charge is -2.25. The molecule has 3 aliphatic rings. The molecule has 3 rings (SSSR count). The van der Waals surface area contributed by atoms with Crippen molar-refractivity contribution in [3.8, 4) is 0 Å². The summed E-state index contributed by atoms with van der Waals surface area (Å²) >= 11 is 0. The topological polar surface area (TPSA) is 17.1 Å². The van der Waals surface area contributed by atoms with E-state index in [1.807, 2.05) is 0 Å². The standard InChI is InChI=1S/C15H22O/c1-9-5-12(16)13-11(9)8-14(2,3)6-10-7-15(10,13)4/h9-10H,5-8H2,1-4H3/t9-,10+,15-/m1/s1. The van der Waals surface area contributed by atoms with Crippen LogP contribution in [-0.2, 0) is 4.79 Å². The van der Waals surface area contributed by atoms with Gasteiger partial charge in [-0.15, -0.1) is 0 Å². The molecular formula is C15H22O. The Morgan fingerprint density at radius 1 is 1.19 bits per heavy atom. The molecule has 0 unspecified atom stereocenters. The van der Waals surface area contributed by atoms with Gasteiger partial charge in [0, 0.05) is 12.0 Å². The molecule has 3 aliphatic carbocycles. The summed E-state index contributed by atoms with van der Waals surface area (Å²) in [5.41, 5.74) is 3.44. The molecule has 0 aliphatic heterocycles. The first-order valence-electron chi connectivity index (χ1n) is 6.60. The average Bonchev–Trinajstić information content (AvgIpc) is 2.64. The summed E-state index contributed by atoms with van der Waals surface area (Å²) in [4.78, 5) is 12.2. The Kier molecular flexibility index (Phi) is 1.85. The summed E-state index contributed by atoms with van der Waals surface area (Å²) in [5.74, 6) is 1.76. The monoisotopic (exact) mass is 218 g/mol. The minimum atomic E-state index is 0.269. The molecule has 0 aromatic rings. The summed E-state index contributed by atoms with van der Waals surface area (Å²) in [6.45, 7) is 9.31. The number of rotatable bonds is 0. The molecule has 0 aromatic heterocycles. The quantitative estimate of drug-likeness (QED) is 0.605. The minimum absolute atomic E-state index is 0.269. The average molecular weight is 218 g/mol. The second-order valence-electron chi connectivity index (χ2n) is 7.29. The van der Waals surface area contributed by atoms with Crippen LogP contribution >= 0.6 is 0 Å². The van der Waals surface area contributed by atoms with Gasteiger partial charge in [0.05, 0.1) is 0 Å². The summed E-state index contributed by atoms with van der Waals surface area (Å²) < 4.78 is 0. The van der Waals surface area contributed by atoms with Crippen LogP contribution in [0.25, 0.3) is 0 Å². The Morgan fingerprint density at radius 2 is 1.88 bits per heavy atom. The van der Waals surface area contributed by atoms with Gasteiger partial charge in [0.2, 0.25) is 0 Å². The molecule has 1 nitrogen and oxygen atoms in total. The Morgan fingerprint density at radius 3 is 2.56 bits per heavy atom. The van der Waals surface area contributed by atoms with E-state index in [4.69, 9.17) is 0 Å². The van der Waals surface area contributed by atoms with Crippen molar-refractivity contribution in [3.63, 3.8) is 0 Å². The highest BCUT2D eigenvalue weighted by atomic mass is 16.1. The van der Waals surface area contributed by atoms with Crippen LogP contribution in [-0.4, -0.2) is 5.78 Å². The van der Waals surface area contributed by atoms with Crippen molar-refractivity contribution in [1.82, 2.24) is 0 Å². The van der Waals surface area contributed by atoms with E-state index in [1.54, 1.807) is 0 Å². The zero-order valence-corrected chi connectivity index (χ0v) is 10.9. The van der Waals surface area contributed by atoms with E-state index >= 15 is 0 Å². The Hall–Kier alpha value is -0.590. The highest BCUT2D eigenvalue weighted by Gasteiger charge is 2.59. The third kappa shape index (κ3) is 1.26. The fourth-order valence-electron chi connectivity index (χ4n) is 4.19. The van der Waals surface area contributed by atoms with Crippen molar-refractivity contribution in [2.75, 3.05) is 0 Å². The van der Waals surface area contributed by atoms with Gasteiger partial charge in [-0.3, -0.25) is 4.79 Å². The van der Waals surface area contributed by atoms with Crippen LogP contribution in [0.3, 0.4) is 0 Å². The zero-order chi connectivity index (χ0) is 11.7. The molecular weight excluding hydrogens is 196 g/mol. The fraction of sp³-hybridized carbons (Fsp3) is 0.800. The fourth-order valence-corrected chi connectivity index (χ4v) is 4.19. The van der Waals surface area contributed by atoms with Gasteiger partial charge in [0.15, 0.2) is 5.78 Å². The highest BCUT2D eigenvalue weighted by Crippen LogP contribution is 2.67. The van der Waals surface area contributed by atoms with Crippen LogP contribution in [0.2, 0.25) is 0 Å². The number of hydrogen-bond acceptors (Lipinski definition) is 1. The van der Waals surface area contributed by atoms with Gasteiger partial charge >= 0.3 is 0 Å². The number of Topliss-reactive ketones (excluding diaryl/α,β-unsaturated/α-hetero) is 1. The first-order valence-corrected chi connectivity index (χ1v) is 6.60. The number of ketones is 1. The van der Waals surface area contributed by atoms with Gasteiger partial charge in [-0.2, -0.15) is 0 Å². The van der Waals surface area contributed by atoms with Crippen LogP contribution in [0.15, 0.2) is 11.1 Å². The Bertz CT molecular complexity index is 402. The molecule has 1 fully saturated rings. The normalized spacial score (nSPS) is 45.1. The SMILES string of the molecule is C[C@@H]1CC(=O)C2=C1CC(C)(C)C[C@H]1C[C@@]21C. The van der Waals surface area contributed by atoms with E-state index in [0.29, 0.717) is 17.1 Å². The summed E-state index contributed by atoms with van der Waals surface area (Å²) in [6.07, 6.45) is 4.49. The number of fused-ring (bicyclic) bond motifs is 2. The minimum Gasteiger partial charge on any atom is -0.295 e. The predicted octanol–water partition coefficient (Wildman–Crippen LogP) is 3.74. The molecule has 0 N–H and O–H groups in total. The van der Waals surface area contributed by atoms with Crippen molar-refractivity contribution in [2.45, 2.75) is 53.4 Å². The third-order valence-electron chi connectivity index (χ3n) is 5.14. The number of hydrogen-bond donors (Lipinski definition) is 0. The van der Waals surface area contributed by atoms with Crippen molar-refractivity contribution < 1.29 is 4.79 Å². The molecule has 3 atom stereocenters. The maximum atomic E-state index is 12.2.